The molecule has 24 heavy (non-hydrogen) atoms. The first-order valence-corrected chi connectivity index (χ1v) is 9.52. The van der Waals surface area contributed by atoms with Crippen LogP contribution in [0, 0.1) is 0 Å². The van der Waals surface area contributed by atoms with E-state index in [2.05, 4.69) is 16.7 Å². The van der Waals surface area contributed by atoms with E-state index in [1.165, 1.54) is 32.2 Å². The fourth-order valence-electron chi connectivity index (χ4n) is 4.59. The third-order valence-electron chi connectivity index (χ3n) is 5.74. The molecular weight excluding hydrogens is 306 g/mol. The Morgan fingerprint density at radius 1 is 1.25 bits per heavy atom. The lowest BCUT2D eigenvalue weighted by Crippen LogP contribution is -2.81. The van der Waals surface area contributed by atoms with Crippen LogP contribution in [0.3, 0.4) is 0 Å². The van der Waals surface area contributed by atoms with Gasteiger partial charge in [-0.25, -0.2) is 0 Å². The smallest absolute Gasteiger partial charge is 0.248 e. The van der Waals surface area contributed by atoms with Crippen molar-refractivity contribution < 1.29 is 14.3 Å². The first-order valence-electron chi connectivity index (χ1n) is 9.52. The Kier molecular flexibility index (Phi) is 6.13. The molecule has 1 atom stereocenters. The highest BCUT2D eigenvalue weighted by atomic mass is 16.5. The van der Waals surface area contributed by atoms with Crippen molar-refractivity contribution in [3.8, 4) is 0 Å². The number of methoxy groups -OCH3 is 1. The summed E-state index contributed by atoms with van der Waals surface area (Å²) in [6, 6.07) is 0.343. The summed E-state index contributed by atoms with van der Waals surface area (Å²) < 4.78 is 10.7. The number of rotatable bonds is 7. The molecule has 0 saturated carbocycles. The van der Waals surface area contributed by atoms with Crippen LogP contribution in [0.25, 0.3) is 0 Å². The molecule has 0 aliphatic carbocycles. The standard InChI is InChI=1S/C18H33N3O3/c1-3-4-5-6-7-19-13-18(14-19)15-20(17(22)12-23-2)10-16-11-24-9-8-21(16)18/h16H,3-15H2,1-2H3. The molecule has 3 aliphatic rings. The van der Waals surface area contributed by atoms with Gasteiger partial charge in [-0.3, -0.25) is 14.6 Å². The van der Waals surface area contributed by atoms with Gasteiger partial charge in [-0.1, -0.05) is 26.2 Å². The molecule has 3 heterocycles. The van der Waals surface area contributed by atoms with Gasteiger partial charge in [-0.15, -0.1) is 0 Å². The largest absolute Gasteiger partial charge is 0.378 e. The summed E-state index contributed by atoms with van der Waals surface area (Å²) in [7, 11) is 1.59. The number of hydrogen-bond donors (Lipinski definition) is 0. The number of hydrogen-bond acceptors (Lipinski definition) is 5. The number of amides is 1. The summed E-state index contributed by atoms with van der Waals surface area (Å²) in [6.07, 6.45) is 5.25. The first-order chi connectivity index (χ1) is 11.7. The minimum Gasteiger partial charge on any atom is -0.378 e. The van der Waals surface area contributed by atoms with E-state index in [0.29, 0.717) is 6.04 Å². The van der Waals surface area contributed by atoms with E-state index in [9.17, 15) is 4.79 Å². The lowest BCUT2D eigenvalue weighted by molar-refractivity contribution is -0.176. The van der Waals surface area contributed by atoms with E-state index in [0.717, 1.165) is 45.9 Å². The van der Waals surface area contributed by atoms with Crippen LogP contribution in [0.2, 0.25) is 0 Å². The van der Waals surface area contributed by atoms with Gasteiger partial charge in [0, 0.05) is 39.8 Å². The summed E-state index contributed by atoms with van der Waals surface area (Å²) in [5.41, 5.74) is 0.140. The molecule has 6 nitrogen and oxygen atoms in total. The van der Waals surface area contributed by atoms with Crippen LogP contribution >= 0.6 is 0 Å². The minimum absolute atomic E-state index is 0.114. The zero-order chi connectivity index (χ0) is 17.0. The first kappa shape index (κ1) is 18.1. The van der Waals surface area contributed by atoms with E-state index >= 15 is 0 Å². The maximum atomic E-state index is 12.4. The Morgan fingerprint density at radius 2 is 2.08 bits per heavy atom. The number of unbranched alkanes of at least 4 members (excludes halogenated alkanes) is 3. The molecule has 1 spiro atoms. The van der Waals surface area contributed by atoms with Gasteiger partial charge < -0.3 is 14.4 Å². The van der Waals surface area contributed by atoms with E-state index in [1.54, 1.807) is 7.11 Å². The number of fused-ring (bicyclic) bond motifs is 2. The van der Waals surface area contributed by atoms with Crippen molar-refractivity contribution in [1.82, 2.24) is 14.7 Å². The van der Waals surface area contributed by atoms with E-state index in [4.69, 9.17) is 9.47 Å². The zero-order valence-electron chi connectivity index (χ0n) is 15.3. The van der Waals surface area contributed by atoms with Crippen LogP contribution in [0.15, 0.2) is 0 Å². The van der Waals surface area contributed by atoms with Crippen molar-refractivity contribution >= 4 is 5.91 Å². The van der Waals surface area contributed by atoms with E-state index < -0.39 is 0 Å². The topological polar surface area (TPSA) is 45.3 Å². The zero-order valence-corrected chi connectivity index (χ0v) is 15.3. The molecule has 3 saturated heterocycles. The summed E-state index contributed by atoms with van der Waals surface area (Å²) >= 11 is 0. The lowest BCUT2D eigenvalue weighted by atomic mass is 9.82. The van der Waals surface area contributed by atoms with Gasteiger partial charge in [0.2, 0.25) is 5.91 Å². The van der Waals surface area contributed by atoms with Crippen molar-refractivity contribution in [3.05, 3.63) is 0 Å². The van der Waals surface area contributed by atoms with E-state index in [1.807, 2.05) is 4.90 Å². The average Bonchev–Trinajstić information content (AvgIpc) is 2.56. The Bertz CT molecular complexity index is 426. The molecule has 3 aliphatic heterocycles. The third kappa shape index (κ3) is 3.77. The van der Waals surface area contributed by atoms with Crippen LogP contribution in [-0.2, 0) is 14.3 Å². The van der Waals surface area contributed by atoms with Crippen molar-refractivity contribution in [3.63, 3.8) is 0 Å². The van der Waals surface area contributed by atoms with Gasteiger partial charge in [0.25, 0.3) is 0 Å². The summed E-state index contributed by atoms with van der Waals surface area (Å²) in [4.78, 5) is 19.6. The fraction of sp³-hybridized carbons (Fsp3) is 0.944. The second kappa shape index (κ2) is 8.13. The lowest BCUT2D eigenvalue weighted by Gasteiger charge is -2.63. The fourth-order valence-corrected chi connectivity index (χ4v) is 4.59. The summed E-state index contributed by atoms with van der Waals surface area (Å²) in [6.45, 7) is 10.0. The molecule has 1 unspecified atom stereocenters. The summed E-state index contributed by atoms with van der Waals surface area (Å²) in [5.74, 6) is 0.114. The van der Waals surface area contributed by atoms with Crippen LogP contribution in [-0.4, -0.2) is 98.4 Å². The van der Waals surface area contributed by atoms with Gasteiger partial charge in [0.15, 0.2) is 0 Å². The Hall–Kier alpha value is -0.690. The highest BCUT2D eigenvalue weighted by Crippen LogP contribution is 2.35. The van der Waals surface area contributed by atoms with Crippen molar-refractivity contribution in [2.45, 2.75) is 44.2 Å². The van der Waals surface area contributed by atoms with Crippen LogP contribution in [0.4, 0.5) is 0 Å². The molecule has 1 amide bonds. The number of piperazine rings is 1. The van der Waals surface area contributed by atoms with E-state index in [-0.39, 0.29) is 18.1 Å². The maximum absolute atomic E-state index is 12.4. The molecule has 6 heteroatoms. The number of morpholine rings is 1. The Morgan fingerprint density at radius 3 is 2.83 bits per heavy atom. The highest BCUT2D eigenvalue weighted by Gasteiger charge is 2.54. The monoisotopic (exact) mass is 339 g/mol. The Balaban J connectivity index is 1.58. The van der Waals surface area contributed by atoms with Gasteiger partial charge in [-0.2, -0.15) is 0 Å². The quantitative estimate of drug-likeness (QED) is 0.643. The third-order valence-corrected chi connectivity index (χ3v) is 5.74. The second-order valence-electron chi connectivity index (χ2n) is 7.63. The van der Waals surface area contributed by atoms with Gasteiger partial charge >= 0.3 is 0 Å². The van der Waals surface area contributed by atoms with Crippen molar-refractivity contribution in [2.75, 3.05) is 66.2 Å². The SMILES string of the molecule is CCCCCCN1CC2(C1)CN(C(=O)COC)CC1COCCN12. The number of likely N-dealkylation sites (tertiary alicyclic amines) is 1. The molecule has 3 fully saturated rings. The number of carbonyl (C=O) groups excluding carboxylic acids is 1. The predicted octanol–water partition coefficient (Wildman–Crippen LogP) is 0.811. The summed E-state index contributed by atoms with van der Waals surface area (Å²) in [5, 5.41) is 0. The van der Waals surface area contributed by atoms with Gasteiger partial charge in [-0.05, 0) is 13.0 Å². The highest BCUT2D eigenvalue weighted by molar-refractivity contribution is 5.77. The molecule has 0 aromatic rings. The molecule has 0 aromatic carbocycles. The molecule has 3 rings (SSSR count). The second-order valence-corrected chi connectivity index (χ2v) is 7.63. The normalized spacial score (nSPS) is 27.1. The van der Waals surface area contributed by atoms with Crippen LogP contribution in [0.5, 0.6) is 0 Å². The number of carbonyl (C=O) groups is 1. The van der Waals surface area contributed by atoms with Gasteiger partial charge in [0.05, 0.1) is 24.8 Å². The average molecular weight is 339 g/mol. The molecular formula is C18H33N3O3. The van der Waals surface area contributed by atoms with Crippen molar-refractivity contribution in [2.24, 2.45) is 0 Å². The van der Waals surface area contributed by atoms with Crippen LogP contribution < -0.4 is 0 Å². The predicted molar refractivity (Wildman–Crippen MR) is 93.1 cm³/mol. The minimum atomic E-state index is 0.114. The molecule has 0 radical (unpaired) electrons. The molecule has 0 N–H and O–H groups in total. The number of nitrogens with zero attached hydrogens (tertiary/aromatic N) is 3. The maximum Gasteiger partial charge on any atom is 0.248 e. The molecule has 0 aromatic heterocycles. The van der Waals surface area contributed by atoms with Crippen molar-refractivity contribution in [1.29, 1.82) is 0 Å². The molecule has 138 valence electrons. The van der Waals surface area contributed by atoms with Crippen LogP contribution in [0.1, 0.15) is 32.6 Å². The number of ether oxygens (including phenoxy) is 2. The van der Waals surface area contributed by atoms with Gasteiger partial charge in [0.1, 0.15) is 6.61 Å². The Labute approximate surface area is 146 Å². The molecule has 0 bridgehead atoms.